The van der Waals surface area contributed by atoms with Gasteiger partial charge in [0.2, 0.25) is 5.95 Å². The Hall–Kier alpha value is -3.50. The third-order valence-corrected chi connectivity index (χ3v) is 8.25. The minimum atomic E-state index is -0.507. The molecule has 2 saturated heterocycles. The molecule has 4 aromatic rings. The van der Waals surface area contributed by atoms with Crippen molar-refractivity contribution in [2.24, 2.45) is 12.5 Å². The standard InChI is InChI=1S/C29H36FN9/c1-5-38-10-8-29(9-11-38)17-39(18-29)16-20-6-7-24(31-13-20)34-28-33-15-23(30)25(35-28)21-12-22-26(19(2)3)37(4)36-27(22)32-14-21/h6-7,12-15,19H,5,8-11,16-18H2,1-4H3,(H,31,33,34,35). The van der Waals surface area contributed by atoms with Gasteiger partial charge in [-0.25, -0.2) is 24.3 Å². The molecule has 2 aliphatic rings. The lowest BCUT2D eigenvalue weighted by Crippen LogP contribution is -2.59. The van der Waals surface area contributed by atoms with Crippen molar-refractivity contribution in [1.29, 1.82) is 0 Å². The average Bonchev–Trinajstić information content (AvgIpc) is 3.25. The molecule has 6 heterocycles. The second kappa shape index (κ2) is 10.2. The smallest absolute Gasteiger partial charge is 0.229 e. The van der Waals surface area contributed by atoms with Gasteiger partial charge in [0, 0.05) is 50.0 Å². The lowest BCUT2D eigenvalue weighted by molar-refractivity contribution is -0.0502. The molecule has 0 aromatic carbocycles. The predicted octanol–water partition coefficient (Wildman–Crippen LogP) is 4.74. The second-order valence-corrected chi connectivity index (χ2v) is 11.4. The van der Waals surface area contributed by atoms with Gasteiger partial charge in [0.1, 0.15) is 11.5 Å². The summed E-state index contributed by atoms with van der Waals surface area (Å²) in [4.78, 5) is 22.7. The molecule has 204 valence electrons. The Morgan fingerprint density at radius 1 is 1.03 bits per heavy atom. The normalized spacial score (nSPS) is 17.7. The fraction of sp³-hybridized carbons (Fsp3) is 0.483. The number of likely N-dealkylation sites (tertiary alicyclic amines) is 2. The zero-order valence-corrected chi connectivity index (χ0v) is 23.2. The fourth-order valence-electron chi connectivity index (χ4n) is 6.18. The monoisotopic (exact) mass is 529 g/mol. The van der Waals surface area contributed by atoms with Crippen molar-refractivity contribution in [1.82, 2.24) is 39.5 Å². The molecule has 10 heteroatoms. The molecule has 0 atom stereocenters. The third-order valence-electron chi connectivity index (χ3n) is 8.25. The van der Waals surface area contributed by atoms with Crippen LogP contribution in [0.3, 0.4) is 0 Å². The lowest BCUT2D eigenvalue weighted by atomic mass is 9.72. The molecule has 1 spiro atoms. The van der Waals surface area contributed by atoms with Crippen LogP contribution >= 0.6 is 0 Å². The number of nitrogens with zero attached hydrogens (tertiary/aromatic N) is 8. The summed E-state index contributed by atoms with van der Waals surface area (Å²) in [5.41, 5.74) is 4.15. The van der Waals surface area contributed by atoms with E-state index in [1.54, 1.807) is 6.20 Å². The van der Waals surface area contributed by atoms with Gasteiger partial charge < -0.3 is 10.2 Å². The van der Waals surface area contributed by atoms with E-state index in [0.29, 0.717) is 22.4 Å². The average molecular weight is 530 g/mol. The zero-order chi connectivity index (χ0) is 27.1. The number of hydrogen-bond acceptors (Lipinski definition) is 8. The lowest BCUT2D eigenvalue weighted by Gasteiger charge is -2.54. The maximum atomic E-state index is 14.8. The van der Waals surface area contributed by atoms with Crippen molar-refractivity contribution in [3.05, 3.63) is 53.9 Å². The van der Waals surface area contributed by atoms with Crippen LogP contribution in [0.4, 0.5) is 16.2 Å². The number of fused-ring (bicyclic) bond motifs is 1. The van der Waals surface area contributed by atoms with Crippen molar-refractivity contribution in [3.8, 4) is 11.3 Å². The van der Waals surface area contributed by atoms with Gasteiger partial charge in [-0.05, 0) is 61.5 Å². The molecule has 2 aliphatic heterocycles. The van der Waals surface area contributed by atoms with Crippen molar-refractivity contribution >= 4 is 22.8 Å². The predicted molar refractivity (Wildman–Crippen MR) is 150 cm³/mol. The van der Waals surface area contributed by atoms with Crippen molar-refractivity contribution in [2.75, 3.05) is 38.0 Å². The van der Waals surface area contributed by atoms with E-state index in [1.807, 2.05) is 30.1 Å². The Morgan fingerprint density at radius 2 is 1.82 bits per heavy atom. The zero-order valence-electron chi connectivity index (χ0n) is 23.2. The van der Waals surface area contributed by atoms with Gasteiger partial charge in [0.15, 0.2) is 11.5 Å². The molecular weight excluding hydrogens is 493 g/mol. The summed E-state index contributed by atoms with van der Waals surface area (Å²) in [6.07, 6.45) is 7.30. The third kappa shape index (κ3) is 5.10. The number of aryl methyl sites for hydroxylation is 1. The van der Waals surface area contributed by atoms with Crippen LogP contribution in [0.5, 0.6) is 0 Å². The minimum absolute atomic E-state index is 0.188. The molecule has 39 heavy (non-hydrogen) atoms. The van der Waals surface area contributed by atoms with Gasteiger partial charge in [-0.3, -0.25) is 9.58 Å². The van der Waals surface area contributed by atoms with Crippen LogP contribution in [-0.2, 0) is 13.6 Å². The van der Waals surface area contributed by atoms with E-state index < -0.39 is 5.82 Å². The van der Waals surface area contributed by atoms with Crippen molar-refractivity contribution < 1.29 is 4.39 Å². The topological polar surface area (TPSA) is 87.9 Å². The number of rotatable bonds is 7. The number of nitrogens with one attached hydrogen (secondary N) is 1. The Morgan fingerprint density at radius 3 is 2.51 bits per heavy atom. The molecule has 0 radical (unpaired) electrons. The summed E-state index contributed by atoms with van der Waals surface area (Å²) < 4.78 is 16.7. The Balaban J connectivity index is 1.12. The summed E-state index contributed by atoms with van der Waals surface area (Å²) in [7, 11) is 1.90. The first kappa shape index (κ1) is 25.8. The molecule has 0 aliphatic carbocycles. The highest BCUT2D eigenvalue weighted by atomic mass is 19.1. The van der Waals surface area contributed by atoms with Crippen LogP contribution in [-0.4, -0.2) is 72.2 Å². The maximum absolute atomic E-state index is 14.8. The molecule has 0 unspecified atom stereocenters. The number of anilines is 2. The van der Waals surface area contributed by atoms with Crippen LogP contribution in [0.25, 0.3) is 22.3 Å². The maximum Gasteiger partial charge on any atom is 0.229 e. The molecule has 9 nitrogen and oxygen atoms in total. The SMILES string of the molecule is CCN1CCC2(CC1)CN(Cc1ccc(Nc3ncc(F)c(-c4cnc5nn(C)c(C(C)C)c5c4)n3)nc1)C2. The first-order valence-corrected chi connectivity index (χ1v) is 13.8. The largest absolute Gasteiger partial charge is 0.309 e. The Kier molecular flexibility index (Phi) is 6.76. The molecule has 1 N–H and O–H groups in total. The van der Waals surface area contributed by atoms with Crippen LogP contribution in [0.15, 0.2) is 36.8 Å². The van der Waals surface area contributed by atoms with Crippen molar-refractivity contribution in [2.45, 2.75) is 46.1 Å². The molecule has 4 aromatic heterocycles. The van der Waals surface area contributed by atoms with Crippen molar-refractivity contribution in [3.63, 3.8) is 0 Å². The van der Waals surface area contributed by atoms with E-state index in [9.17, 15) is 4.39 Å². The highest BCUT2D eigenvalue weighted by Crippen LogP contribution is 2.41. The summed E-state index contributed by atoms with van der Waals surface area (Å²) in [6, 6.07) is 5.91. The van der Waals surface area contributed by atoms with E-state index in [2.05, 4.69) is 67.0 Å². The molecule has 2 fully saturated rings. The molecular formula is C29H36FN9. The van der Waals surface area contributed by atoms with E-state index in [0.717, 1.165) is 24.2 Å². The summed E-state index contributed by atoms with van der Waals surface area (Å²) in [5, 5.41) is 8.50. The molecule has 0 bridgehead atoms. The van der Waals surface area contributed by atoms with E-state index >= 15 is 0 Å². The molecule has 6 rings (SSSR count). The molecule has 0 amide bonds. The highest BCUT2D eigenvalue weighted by Gasteiger charge is 2.44. The van der Waals surface area contributed by atoms with Crippen LogP contribution in [0, 0.1) is 11.2 Å². The number of hydrogen-bond donors (Lipinski definition) is 1. The minimum Gasteiger partial charge on any atom is -0.309 e. The van der Waals surface area contributed by atoms with Gasteiger partial charge >= 0.3 is 0 Å². The van der Waals surface area contributed by atoms with Gasteiger partial charge in [0.25, 0.3) is 0 Å². The van der Waals surface area contributed by atoms with Crippen LogP contribution < -0.4 is 5.32 Å². The van der Waals surface area contributed by atoms with E-state index in [1.165, 1.54) is 50.8 Å². The molecule has 0 saturated carbocycles. The number of pyridine rings is 2. The Labute approximate surface area is 228 Å². The fourth-order valence-corrected chi connectivity index (χ4v) is 6.18. The highest BCUT2D eigenvalue weighted by molar-refractivity contribution is 5.83. The van der Waals surface area contributed by atoms with E-state index in [4.69, 9.17) is 0 Å². The van der Waals surface area contributed by atoms with Gasteiger partial charge in [-0.1, -0.05) is 26.8 Å². The quantitative estimate of drug-likeness (QED) is 0.367. The van der Waals surface area contributed by atoms with E-state index in [-0.39, 0.29) is 17.6 Å². The van der Waals surface area contributed by atoms with Gasteiger partial charge in [0.05, 0.1) is 11.9 Å². The summed E-state index contributed by atoms with van der Waals surface area (Å²) in [5.74, 6) is 0.642. The van der Waals surface area contributed by atoms with Gasteiger partial charge in [-0.2, -0.15) is 5.10 Å². The Bertz CT molecular complexity index is 1460. The first-order valence-electron chi connectivity index (χ1n) is 13.8. The summed E-state index contributed by atoms with van der Waals surface area (Å²) >= 11 is 0. The number of piperidine rings is 1. The second-order valence-electron chi connectivity index (χ2n) is 11.4. The number of halogens is 1. The first-order chi connectivity index (χ1) is 18.8. The van der Waals surface area contributed by atoms with Gasteiger partial charge in [-0.15, -0.1) is 0 Å². The summed E-state index contributed by atoms with van der Waals surface area (Å²) in [6.45, 7) is 13.3. The van der Waals surface area contributed by atoms with Crippen LogP contribution in [0.2, 0.25) is 0 Å². The number of aromatic nitrogens is 6. The van der Waals surface area contributed by atoms with Crippen LogP contribution in [0.1, 0.15) is 50.8 Å².